The van der Waals surface area contributed by atoms with Gasteiger partial charge in [-0.05, 0) is 10.7 Å². The molecular weight excluding hydrogens is 176 g/mol. The smallest absolute Gasteiger partial charge is 0.208 e. The van der Waals surface area contributed by atoms with E-state index in [1.54, 1.807) is 4.68 Å². The molecule has 0 spiro atoms. The molecule has 0 bridgehead atoms. The van der Waals surface area contributed by atoms with Crippen LogP contribution in [-0.2, 0) is 6.42 Å². The molecule has 0 atom stereocenters. The summed E-state index contributed by atoms with van der Waals surface area (Å²) in [6, 6.07) is 10.2. The molecule has 72 valence electrons. The largest absolute Gasteiger partial charge is 0.853 e. The van der Waals surface area contributed by atoms with Crippen LogP contribution in [-0.4, -0.2) is 22.8 Å². The van der Waals surface area contributed by atoms with Gasteiger partial charge in [0.2, 0.25) is 6.54 Å². The Hall–Kier alpha value is -1.64. The first kappa shape index (κ1) is 8.94. The fraction of sp³-hybridized carbons (Fsp3) is 0.273. The second-order valence-corrected chi connectivity index (χ2v) is 3.45. The molecule has 14 heavy (non-hydrogen) atoms. The zero-order valence-corrected chi connectivity index (χ0v) is 8.10. The van der Waals surface area contributed by atoms with Crippen molar-refractivity contribution in [3.05, 3.63) is 35.9 Å². The average molecular weight is 188 g/mol. The number of hydrogen-bond donors (Lipinski definition) is 0. The van der Waals surface area contributed by atoms with Gasteiger partial charge in [0.25, 0.3) is 0 Å². The fourth-order valence-corrected chi connectivity index (χ4v) is 1.45. The van der Waals surface area contributed by atoms with Gasteiger partial charge in [0.15, 0.2) is 5.71 Å². The molecular formula is C11H12N2O. The van der Waals surface area contributed by atoms with Crippen LogP contribution in [0.2, 0.25) is 0 Å². The van der Waals surface area contributed by atoms with Crippen molar-refractivity contribution < 1.29 is 9.79 Å². The summed E-state index contributed by atoms with van der Waals surface area (Å²) in [6.07, 6.45) is 0.859. The maximum Gasteiger partial charge on any atom is 0.208 e. The Morgan fingerprint density at radius 2 is 2.07 bits per heavy atom. The molecule has 1 heterocycles. The van der Waals surface area contributed by atoms with E-state index >= 15 is 0 Å². The van der Waals surface area contributed by atoms with Gasteiger partial charge in [0.05, 0.1) is 6.42 Å². The van der Waals surface area contributed by atoms with Crippen LogP contribution in [0.15, 0.2) is 35.4 Å². The fourth-order valence-electron chi connectivity index (χ4n) is 1.45. The standard InChI is InChI=1S/C11H12N2O/c1-9(13-8-11(14)12-13)7-10-5-3-2-4-6-10/h2-6H,7-8H2,1H3/b13-9-. The molecule has 0 amide bonds. The zero-order valence-electron chi connectivity index (χ0n) is 8.10. The van der Waals surface area contributed by atoms with Crippen molar-refractivity contribution in [1.29, 1.82) is 0 Å². The molecule has 0 saturated carbocycles. The van der Waals surface area contributed by atoms with E-state index in [-0.39, 0.29) is 5.90 Å². The Kier molecular flexibility index (Phi) is 2.31. The molecule has 0 radical (unpaired) electrons. The van der Waals surface area contributed by atoms with Crippen LogP contribution in [0.3, 0.4) is 0 Å². The van der Waals surface area contributed by atoms with E-state index in [1.807, 2.05) is 25.1 Å². The van der Waals surface area contributed by atoms with Crippen molar-refractivity contribution in [3.8, 4) is 0 Å². The van der Waals surface area contributed by atoms with Gasteiger partial charge in [-0.1, -0.05) is 35.0 Å². The predicted octanol–water partition coefficient (Wildman–Crippen LogP) is 0.390. The van der Waals surface area contributed by atoms with Gasteiger partial charge >= 0.3 is 0 Å². The van der Waals surface area contributed by atoms with Gasteiger partial charge in [0.1, 0.15) is 5.90 Å². The third-order valence-electron chi connectivity index (χ3n) is 2.26. The predicted molar refractivity (Wildman–Crippen MR) is 53.4 cm³/mol. The lowest BCUT2D eigenvalue weighted by molar-refractivity contribution is -0.564. The summed E-state index contributed by atoms with van der Waals surface area (Å²) in [5, 5.41) is 14.4. The monoisotopic (exact) mass is 188 g/mol. The highest BCUT2D eigenvalue weighted by Gasteiger charge is 2.18. The van der Waals surface area contributed by atoms with Gasteiger partial charge in [-0.2, -0.15) is 0 Å². The normalized spacial score (nSPS) is 18.5. The Morgan fingerprint density at radius 3 is 2.64 bits per heavy atom. The lowest BCUT2D eigenvalue weighted by Crippen LogP contribution is -2.40. The summed E-state index contributed by atoms with van der Waals surface area (Å²) < 4.78 is 1.76. The van der Waals surface area contributed by atoms with Gasteiger partial charge in [-0.15, -0.1) is 0 Å². The molecule has 0 unspecified atom stereocenters. The Bertz CT molecular complexity index is 393. The maximum absolute atomic E-state index is 10.6. The summed E-state index contributed by atoms with van der Waals surface area (Å²) >= 11 is 0. The van der Waals surface area contributed by atoms with E-state index in [9.17, 15) is 5.11 Å². The topological polar surface area (TPSA) is 38.4 Å². The Morgan fingerprint density at radius 1 is 1.43 bits per heavy atom. The highest BCUT2D eigenvalue weighted by molar-refractivity contribution is 5.83. The van der Waals surface area contributed by atoms with E-state index in [2.05, 4.69) is 17.2 Å². The second kappa shape index (κ2) is 3.62. The molecule has 0 saturated heterocycles. The van der Waals surface area contributed by atoms with Crippen LogP contribution >= 0.6 is 0 Å². The molecule has 2 rings (SSSR count). The SMILES string of the molecule is C/C(Cc1ccccc1)=[N+]1\CC([O-])=N1. The van der Waals surface area contributed by atoms with Crippen molar-refractivity contribution in [2.75, 3.05) is 6.54 Å². The van der Waals surface area contributed by atoms with Gasteiger partial charge in [-0.3, -0.25) is 0 Å². The molecule has 3 nitrogen and oxygen atoms in total. The lowest BCUT2D eigenvalue weighted by atomic mass is 10.1. The van der Waals surface area contributed by atoms with Crippen LogP contribution in [0.1, 0.15) is 12.5 Å². The highest BCUT2D eigenvalue weighted by Crippen LogP contribution is 2.03. The lowest BCUT2D eigenvalue weighted by Gasteiger charge is -2.14. The second-order valence-electron chi connectivity index (χ2n) is 3.45. The minimum atomic E-state index is -0.0302. The van der Waals surface area contributed by atoms with Gasteiger partial charge in [0, 0.05) is 6.92 Å². The van der Waals surface area contributed by atoms with Crippen LogP contribution in [0, 0.1) is 0 Å². The Labute approximate surface area is 83.0 Å². The molecule has 1 aliphatic rings. The summed E-state index contributed by atoms with van der Waals surface area (Å²) in [5.74, 6) is -0.0302. The summed E-state index contributed by atoms with van der Waals surface area (Å²) in [4.78, 5) is 0. The highest BCUT2D eigenvalue weighted by atomic mass is 16.3. The third-order valence-corrected chi connectivity index (χ3v) is 2.26. The van der Waals surface area contributed by atoms with Gasteiger partial charge < -0.3 is 5.11 Å². The molecule has 1 aliphatic heterocycles. The molecule has 1 aromatic carbocycles. The molecule has 0 fully saturated rings. The Balaban J connectivity index is 2.10. The summed E-state index contributed by atoms with van der Waals surface area (Å²) in [7, 11) is 0. The quantitative estimate of drug-likeness (QED) is 0.619. The molecule has 3 heteroatoms. The van der Waals surface area contributed by atoms with Crippen molar-refractivity contribution in [1.82, 2.24) is 0 Å². The number of hydrazone groups is 1. The number of nitrogens with zero attached hydrogens (tertiary/aromatic N) is 2. The van der Waals surface area contributed by atoms with Crippen LogP contribution in [0.25, 0.3) is 0 Å². The molecule has 0 N–H and O–H groups in total. The number of hydrogen-bond acceptors (Lipinski definition) is 2. The molecule has 0 aliphatic carbocycles. The summed E-state index contributed by atoms with van der Waals surface area (Å²) in [6.45, 7) is 2.45. The number of benzene rings is 1. The first-order valence-electron chi connectivity index (χ1n) is 4.64. The number of rotatable bonds is 2. The van der Waals surface area contributed by atoms with E-state index in [1.165, 1.54) is 5.56 Å². The van der Waals surface area contributed by atoms with Gasteiger partial charge in [-0.25, -0.2) is 0 Å². The molecule has 1 aromatic rings. The van der Waals surface area contributed by atoms with Crippen molar-refractivity contribution in [3.63, 3.8) is 0 Å². The van der Waals surface area contributed by atoms with Crippen molar-refractivity contribution in [2.24, 2.45) is 5.10 Å². The average Bonchev–Trinajstić information content (AvgIpc) is 2.14. The first-order chi connectivity index (χ1) is 6.75. The maximum atomic E-state index is 10.6. The van der Waals surface area contributed by atoms with E-state index in [0.717, 1.165) is 12.1 Å². The minimum absolute atomic E-state index is 0.0302. The molecule has 0 aromatic heterocycles. The van der Waals surface area contributed by atoms with E-state index in [4.69, 9.17) is 0 Å². The zero-order chi connectivity index (χ0) is 9.97. The van der Waals surface area contributed by atoms with Crippen LogP contribution < -0.4 is 5.11 Å². The third kappa shape index (κ3) is 1.82. The van der Waals surface area contributed by atoms with Crippen LogP contribution in [0.5, 0.6) is 0 Å². The summed E-state index contributed by atoms with van der Waals surface area (Å²) in [5.41, 5.74) is 2.37. The van der Waals surface area contributed by atoms with Crippen molar-refractivity contribution >= 4 is 11.6 Å². The van der Waals surface area contributed by atoms with Crippen molar-refractivity contribution in [2.45, 2.75) is 13.3 Å². The van der Waals surface area contributed by atoms with E-state index in [0.29, 0.717) is 6.54 Å². The van der Waals surface area contributed by atoms with Crippen LogP contribution in [0.4, 0.5) is 0 Å². The van der Waals surface area contributed by atoms with E-state index < -0.39 is 0 Å². The minimum Gasteiger partial charge on any atom is -0.853 e. The first-order valence-corrected chi connectivity index (χ1v) is 4.64.